The lowest BCUT2D eigenvalue weighted by atomic mass is 10.0. The number of carbonyl (C=O) groups is 1. The molecule has 7 nitrogen and oxygen atoms in total. The van der Waals surface area contributed by atoms with Crippen molar-refractivity contribution in [3.8, 4) is 5.75 Å². The molecule has 1 heterocycles. The van der Waals surface area contributed by atoms with Gasteiger partial charge in [0.25, 0.3) is 15.9 Å². The van der Waals surface area contributed by atoms with Gasteiger partial charge in [-0.1, -0.05) is 6.92 Å². The molecule has 0 radical (unpaired) electrons. The minimum atomic E-state index is -3.74. The van der Waals surface area contributed by atoms with Gasteiger partial charge in [0.1, 0.15) is 5.75 Å². The third-order valence-corrected chi connectivity index (χ3v) is 7.09. The smallest absolute Gasteiger partial charge is 0.261 e. The molecule has 2 N–H and O–H groups in total. The van der Waals surface area contributed by atoms with E-state index < -0.39 is 10.0 Å². The maximum absolute atomic E-state index is 12.6. The van der Waals surface area contributed by atoms with Crippen LogP contribution in [0.4, 0.5) is 5.69 Å². The summed E-state index contributed by atoms with van der Waals surface area (Å²) < 4.78 is 32.8. The molecule has 3 rings (SSSR count). The van der Waals surface area contributed by atoms with Crippen LogP contribution < -0.4 is 14.8 Å². The number of nitrogens with zero attached hydrogens (tertiary/aromatic N) is 1. The first-order valence-corrected chi connectivity index (χ1v) is 12.6. The fourth-order valence-electron chi connectivity index (χ4n) is 3.91. The molecule has 32 heavy (non-hydrogen) atoms. The predicted octanol–water partition coefficient (Wildman–Crippen LogP) is 3.74. The topological polar surface area (TPSA) is 87.7 Å². The number of sulfonamides is 1. The number of nitrogens with one attached hydrogen (secondary N) is 2. The number of rotatable bonds is 10. The van der Waals surface area contributed by atoms with Crippen molar-refractivity contribution in [3.63, 3.8) is 0 Å². The average molecular weight is 460 g/mol. The van der Waals surface area contributed by atoms with Gasteiger partial charge in [0.15, 0.2) is 0 Å². The zero-order valence-corrected chi connectivity index (χ0v) is 19.7. The second-order valence-electron chi connectivity index (χ2n) is 8.37. The molecule has 0 aliphatic carbocycles. The van der Waals surface area contributed by atoms with Crippen molar-refractivity contribution in [2.75, 3.05) is 38.0 Å². The van der Waals surface area contributed by atoms with Gasteiger partial charge in [0.05, 0.1) is 12.0 Å². The fourth-order valence-corrected chi connectivity index (χ4v) is 4.97. The summed E-state index contributed by atoms with van der Waals surface area (Å²) >= 11 is 0. The fraction of sp³-hybridized carbons (Fsp3) is 0.458. The molecule has 8 heteroatoms. The number of methoxy groups -OCH3 is 1. The van der Waals surface area contributed by atoms with E-state index in [4.69, 9.17) is 4.74 Å². The lowest BCUT2D eigenvalue weighted by molar-refractivity contribution is 0.0952. The quantitative estimate of drug-likeness (QED) is 0.529. The SMILES string of the molecule is COc1ccc(NS(=O)(=O)c2ccc(C(=O)NCCCCN3CCCC(C)C3)cc2)cc1. The van der Waals surface area contributed by atoms with E-state index in [-0.39, 0.29) is 10.8 Å². The maximum Gasteiger partial charge on any atom is 0.261 e. The van der Waals surface area contributed by atoms with Gasteiger partial charge in [0, 0.05) is 24.3 Å². The molecule has 1 aliphatic rings. The number of benzene rings is 2. The van der Waals surface area contributed by atoms with Crippen LogP contribution in [0.2, 0.25) is 0 Å². The number of amides is 1. The summed E-state index contributed by atoms with van der Waals surface area (Å²) in [5.41, 5.74) is 0.880. The van der Waals surface area contributed by atoms with Crippen molar-refractivity contribution in [2.45, 2.75) is 37.5 Å². The first-order chi connectivity index (χ1) is 15.4. The molecule has 0 saturated carbocycles. The van der Waals surface area contributed by atoms with Gasteiger partial charge in [-0.05, 0) is 93.2 Å². The standard InChI is InChI=1S/C24H33N3O4S/c1-19-6-5-17-27(18-19)16-4-3-15-25-24(28)20-7-13-23(14-8-20)32(29,30)26-21-9-11-22(31-2)12-10-21/h7-14,19,26H,3-6,15-18H2,1-2H3,(H,25,28). The molecule has 0 bridgehead atoms. The van der Waals surface area contributed by atoms with Crippen molar-refractivity contribution < 1.29 is 17.9 Å². The molecule has 2 aromatic carbocycles. The summed E-state index contributed by atoms with van der Waals surface area (Å²) in [7, 11) is -2.19. The molecule has 1 atom stereocenters. The Morgan fingerprint density at radius 1 is 1.09 bits per heavy atom. The second kappa shape index (κ2) is 11.3. The Bertz CT molecular complexity index is 975. The van der Waals surface area contributed by atoms with E-state index in [0.717, 1.165) is 25.3 Å². The van der Waals surface area contributed by atoms with Gasteiger partial charge < -0.3 is 15.0 Å². The Hall–Kier alpha value is -2.58. The molecule has 0 aromatic heterocycles. The molecule has 1 fully saturated rings. The van der Waals surface area contributed by atoms with Crippen molar-refractivity contribution in [2.24, 2.45) is 5.92 Å². The molecule has 1 saturated heterocycles. The first kappa shape index (κ1) is 24.1. The summed E-state index contributed by atoms with van der Waals surface area (Å²) in [6.07, 6.45) is 4.58. The molecule has 0 spiro atoms. The Morgan fingerprint density at radius 3 is 2.47 bits per heavy atom. The van der Waals surface area contributed by atoms with Crippen LogP contribution >= 0.6 is 0 Å². The highest BCUT2D eigenvalue weighted by atomic mass is 32.2. The minimum Gasteiger partial charge on any atom is -0.497 e. The number of piperidine rings is 1. The van der Waals surface area contributed by atoms with Crippen molar-refractivity contribution in [1.82, 2.24) is 10.2 Å². The zero-order valence-electron chi connectivity index (χ0n) is 18.8. The summed E-state index contributed by atoms with van der Waals surface area (Å²) in [5, 5.41) is 2.92. The van der Waals surface area contributed by atoms with E-state index in [0.29, 0.717) is 23.5 Å². The highest BCUT2D eigenvalue weighted by Gasteiger charge is 2.16. The Labute approximate surface area is 191 Å². The molecule has 2 aromatic rings. The van der Waals surface area contributed by atoms with Gasteiger partial charge in [-0.2, -0.15) is 0 Å². The molecular formula is C24H33N3O4S. The monoisotopic (exact) mass is 459 g/mol. The van der Waals surface area contributed by atoms with Crippen molar-refractivity contribution >= 4 is 21.6 Å². The van der Waals surface area contributed by atoms with Crippen LogP contribution in [0.1, 0.15) is 43.0 Å². The number of ether oxygens (including phenoxy) is 1. The highest BCUT2D eigenvalue weighted by Crippen LogP contribution is 2.20. The van der Waals surface area contributed by atoms with Crippen LogP contribution in [0, 0.1) is 5.92 Å². The van der Waals surface area contributed by atoms with Crippen molar-refractivity contribution in [3.05, 3.63) is 54.1 Å². The largest absolute Gasteiger partial charge is 0.497 e. The average Bonchev–Trinajstić information content (AvgIpc) is 2.79. The van der Waals surface area contributed by atoms with Crippen molar-refractivity contribution in [1.29, 1.82) is 0 Å². The minimum absolute atomic E-state index is 0.0978. The summed E-state index contributed by atoms with van der Waals surface area (Å²) in [5.74, 6) is 1.23. The maximum atomic E-state index is 12.6. The van der Waals surface area contributed by atoms with E-state index in [1.807, 2.05) is 0 Å². The number of carbonyl (C=O) groups excluding carboxylic acids is 1. The normalized spacial score (nSPS) is 17.0. The van der Waals surface area contributed by atoms with Crippen LogP contribution in [0.25, 0.3) is 0 Å². The highest BCUT2D eigenvalue weighted by molar-refractivity contribution is 7.92. The van der Waals surface area contributed by atoms with Gasteiger partial charge in [-0.3, -0.25) is 9.52 Å². The number of anilines is 1. The predicted molar refractivity (Wildman–Crippen MR) is 127 cm³/mol. The van der Waals surface area contributed by atoms with E-state index >= 15 is 0 Å². The Morgan fingerprint density at radius 2 is 1.81 bits per heavy atom. The lowest BCUT2D eigenvalue weighted by Crippen LogP contribution is -2.35. The van der Waals surface area contributed by atoms with Gasteiger partial charge in [-0.15, -0.1) is 0 Å². The second-order valence-corrected chi connectivity index (χ2v) is 10.1. The lowest BCUT2D eigenvalue weighted by Gasteiger charge is -2.30. The van der Waals surface area contributed by atoms with Crippen LogP contribution in [0.3, 0.4) is 0 Å². The van der Waals surface area contributed by atoms with Crippen LogP contribution in [-0.2, 0) is 10.0 Å². The molecule has 1 amide bonds. The van der Waals surface area contributed by atoms with Gasteiger partial charge >= 0.3 is 0 Å². The number of hydrogen-bond acceptors (Lipinski definition) is 5. The van der Waals surface area contributed by atoms with Gasteiger partial charge in [0.2, 0.25) is 0 Å². The molecular weight excluding hydrogens is 426 g/mol. The summed E-state index contributed by atoms with van der Waals surface area (Å²) in [6.45, 7) is 6.35. The number of likely N-dealkylation sites (tertiary alicyclic amines) is 1. The molecule has 174 valence electrons. The Balaban J connectivity index is 1.44. The summed E-state index contributed by atoms with van der Waals surface area (Å²) in [4.78, 5) is 15.0. The number of unbranched alkanes of at least 4 members (excludes halogenated alkanes) is 1. The molecule has 1 unspecified atom stereocenters. The van der Waals surface area contributed by atoms with E-state index in [1.165, 1.54) is 50.2 Å². The van der Waals surface area contributed by atoms with E-state index in [9.17, 15) is 13.2 Å². The van der Waals surface area contributed by atoms with Crippen LogP contribution in [0.15, 0.2) is 53.4 Å². The van der Waals surface area contributed by atoms with E-state index in [1.54, 1.807) is 31.4 Å². The van der Waals surface area contributed by atoms with E-state index in [2.05, 4.69) is 21.9 Å². The third kappa shape index (κ3) is 6.97. The third-order valence-electron chi connectivity index (χ3n) is 5.70. The zero-order chi connectivity index (χ0) is 23.0. The van der Waals surface area contributed by atoms with Crippen LogP contribution in [0.5, 0.6) is 5.75 Å². The first-order valence-electron chi connectivity index (χ1n) is 11.1. The van der Waals surface area contributed by atoms with Crippen LogP contribution in [-0.4, -0.2) is 52.5 Å². The summed E-state index contributed by atoms with van der Waals surface area (Å²) in [6, 6.07) is 12.6. The number of hydrogen-bond donors (Lipinski definition) is 2. The molecule has 1 aliphatic heterocycles. The van der Waals surface area contributed by atoms with Gasteiger partial charge in [-0.25, -0.2) is 8.42 Å². The Kier molecular flexibility index (Phi) is 8.53.